The predicted molar refractivity (Wildman–Crippen MR) is 242 cm³/mol. The molecule has 1 aliphatic heterocycles. The van der Waals surface area contributed by atoms with Crippen LogP contribution in [0.25, 0.3) is 78.2 Å². The summed E-state index contributed by atoms with van der Waals surface area (Å²) in [5.74, 6) is 2.45. The lowest BCUT2D eigenvalue weighted by Gasteiger charge is -2.39. The van der Waals surface area contributed by atoms with Gasteiger partial charge in [-0.05, 0) is 75.3 Å². The zero-order chi connectivity index (χ0) is 39.6. The number of benzene rings is 8. The van der Waals surface area contributed by atoms with Gasteiger partial charge in [-0.3, -0.25) is 4.98 Å². The highest BCUT2D eigenvalue weighted by Gasteiger charge is 2.51. The van der Waals surface area contributed by atoms with Gasteiger partial charge in [-0.2, -0.15) is 0 Å². The van der Waals surface area contributed by atoms with Crippen LogP contribution in [0.4, 0.5) is 0 Å². The first-order valence-corrected chi connectivity index (χ1v) is 20.3. The maximum absolute atomic E-state index is 6.62. The predicted octanol–water partition coefficient (Wildman–Crippen LogP) is 13.8. The van der Waals surface area contributed by atoms with E-state index in [9.17, 15) is 0 Å². The van der Waals surface area contributed by atoms with E-state index in [-0.39, 0.29) is 0 Å². The summed E-state index contributed by atoms with van der Waals surface area (Å²) in [6.45, 7) is 0. The standard InChI is InChI=1S/C56H35N3O/c1-3-13-37(14-4-1)50-35-51(38-15-5-2-6-16-38)59-55(58-50)40-26-24-36(25-27-40)41-28-30-46-44(33-41)45-34-42(43-19-11-17-39-18-12-32-57-54(39)43)29-31-47(45)56(46)48-20-7-9-22-52(48)60-53-23-10-8-21-49(53)56/h1-35H. The Bertz CT molecular complexity index is 3180. The molecule has 3 heterocycles. The second-order valence-corrected chi connectivity index (χ2v) is 15.5. The summed E-state index contributed by atoms with van der Waals surface area (Å²) in [5, 5.41) is 1.12. The highest BCUT2D eigenvalue weighted by Crippen LogP contribution is 2.62. The molecule has 0 N–H and O–H groups in total. The van der Waals surface area contributed by atoms with E-state index in [1.807, 2.05) is 48.7 Å². The molecule has 4 nitrogen and oxygen atoms in total. The van der Waals surface area contributed by atoms with Crippen molar-refractivity contribution in [1.29, 1.82) is 0 Å². The molecule has 1 aliphatic carbocycles. The van der Waals surface area contributed by atoms with Gasteiger partial charge in [0.15, 0.2) is 5.82 Å². The third-order valence-corrected chi connectivity index (χ3v) is 12.2. The molecule has 0 radical (unpaired) electrons. The Balaban J connectivity index is 1.02. The van der Waals surface area contributed by atoms with Crippen LogP contribution in [0.5, 0.6) is 11.5 Å². The van der Waals surface area contributed by atoms with Crippen molar-refractivity contribution >= 4 is 10.9 Å². The van der Waals surface area contributed by atoms with Gasteiger partial charge in [0.05, 0.1) is 22.3 Å². The molecule has 0 fully saturated rings. The molecule has 12 rings (SSSR count). The topological polar surface area (TPSA) is 47.9 Å². The quantitative estimate of drug-likeness (QED) is 0.175. The second kappa shape index (κ2) is 13.6. The minimum atomic E-state index is -0.564. The molecule has 4 heteroatoms. The van der Waals surface area contributed by atoms with Crippen LogP contribution in [0.1, 0.15) is 22.3 Å². The van der Waals surface area contributed by atoms with Crippen molar-refractivity contribution < 1.29 is 4.74 Å². The van der Waals surface area contributed by atoms with Gasteiger partial charge < -0.3 is 4.74 Å². The fourth-order valence-electron chi connectivity index (χ4n) is 9.49. The lowest BCUT2D eigenvalue weighted by atomic mass is 9.66. The summed E-state index contributed by atoms with van der Waals surface area (Å²) in [6, 6.07) is 73.0. The molecule has 280 valence electrons. The van der Waals surface area contributed by atoms with Gasteiger partial charge in [-0.15, -0.1) is 0 Å². The highest BCUT2D eigenvalue weighted by atomic mass is 16.5. The van der Waals surface area contributed by atoms with Gasteiger partial charge in [0, 0.05) is 45.0 Å². The summed E-state index contributed by atoms with van der Waals surface area (Å²) in [4.78, 5) is 15.0. The molecule has 0 bridgehead atoms. The molecule has 2 aliphatic rings. The van der Waals surface area contributed by atoms with Crippen molar-refractivity contribution in [2.24, 2.45) is 0 Å². The van der Waals surface area contributed by atoms with Crippen LogP contribution in [0.3, 0.4) is 0 Å². The number of rotatable bonds is 5. The van der Waals surface area contributed by atoms with Crippen LogP contribution in [0, 0.1) is 0 Å². The van der Waals surface area contributed by atoms with Crippen LogP contribution >= 0.6 is 0 Å². The molecule has 1 spiro atoms. The van der Waals surface area contributed by atoms with Crippen LogP contribution in [-0.2, 0) is 5.41 Å². The average Bonchev–Trinajstić information content (AvgIpc) is 3.61. The average molecular weight is 766 g/mol. The lowest BCUT2D eigenvalue weighted by Crippen LogP contribution is -2.32. The number of hydrogen-bond acceptors (Lipinski definition) is 4. The molecule has 0 atom stereocenters. The largest absolute Gasteiger partial charge is 0.457 e. The number of aromatic nitrogens is 3. The minimum absolute atomic E-state index is 0.564. The molecule has 60 heavy (non-hydrogen) atoms. The molecule has 2 aromatic heterocycles. The Morgan fingerprint density at radius 1 is 0.350 bits per heavy atom. The number of ether oxygens (including phenoxy) is 1. The summed E-state index contributed by atoms with van der Waals surface area (Å²) in [7, 11) is 0. The molecular weight excluding hydrogens is 731 g/mol. The van der Waals surface area contributed by atoms with Crippen molar-refractivity contribution in [2.75, 3.05) is 0 Å². The fourth-order valence-corrected chi connectivity index (χ4v) is 9.49. The third kappa shape index (κ3) is 5.28. The summed E-state index contributed by atoms with van der Waals surface area (Å²) >= 11 is 0. The second-order valence-electron chi connectivity index (χ2n) is 15.5. The van der Waals surface area contributed by atoms with E-state index in [0.29, 0.717) is 5.82 Å². The summed E-state index contributed by atoms with van der Waals surface area (Å²) in [6.07, 6.45) is 1.88. The number of pyridine rings is 1. The maximum Gasteiger partial charge on any atom is 0.160 e. The zero-order valence-corrected chi connectivity index (χ0v) is 32.5. The van der Waals surface area contributed by atoms with Crippen molar-refractivity contribution in [3.05, 3.63) is 235 Å². The summed E-state index contributed by atoms with van der Waals surface area (Å²) < 4.78 is 6.62. The van der Waals surface area contributed by atoms with Crippen molar-refractivity contribution in [1.82, 2.24) is 15.0 Å². The van der Waals surface area contributed by atoms with Gasteiger partial charge in [-0.25, -0.2) is 9.97 Å². The van der Waals surface area contributed by atoms with Crippen molar-refractivity contribution in [2.45, 2.75) is 5.41 Å². The molecular formula is C56H35N3O. The molecule has 0 saturated heterocycles. The highest BCUT2D eigenvalue weighted by molar-refractivity contribution is 5.97. The van der Waals surface area contributed by atoms with Gasteiger partial charge >= 0.3 is 0 Å². The monoisotopic (exact) mass is 765 g/mol. The van der Waals surface area contributed by atoms with E-state index in [1.54, 1.807) is 0 Å². The van der Waals surface area contributed by atoms with Gasteiger partial charge in [-0.1, -0.05) is 170 Å². The Kier molecular flexibility index (Phi) is 7.72. The number of hydrogen-bond donors (Lipinski definition) is 0. The van der Waals surface area contributed by atoms with Crippen molar-refractivity contribution in [3.8, 4) is 78.8 Å². The number of nitrogens with zero attached hydrogens (tertiary/aromatic N) is 3. The van der Waals surface area contributed by atoms with Crippen LogP contribution in [0.2, 0.25) is 0 Å². The smallest absolute Gasteiger partial charge is 0.160 e. The van der Waals surface area contributed by atoms with E-state index in [2.05, 4.69) is 164 Å². The maximum atomic E-state index is 6.62. The Labute approximate surface area is 348 Å². The molecule has 0 unspecified atom stereocenters. The van der Waals surface area contributed by atoms with Gasteiger partial charge in [0.2, 0.25) is 0 Å². The number of fused-ring (bicyclic) bond motifs is 10. The Hall–Kier alpha value is -7.95. The fraction of sp³-hybridized carbons (Fsp3) is 0.0179. The van der Waals surface area contributed by atoms with E-state index in [4.69, 9.17) is 19.7 Å². The van der Waals surface area contributed by atoms with E-state index < -0.39 is 5.41 Å². The van der Waals surface area contributed by atoms with Gasteiger partial charge in [0.1, 0.15) is 11.5 Å². The SMILES string of the molecule is c1ccc(-c2cc(-c3ccccc3)nc(-c3ccc(-c4ccc5c(c4)-c4cc(-c6cccc7cccnc67)ccc4C54c5ccccc5Oc5ccccc54)cc3)n2)cc1. The van der Waals surface area contributed by atoms with Crippen molar-refractivity contribution in [3.63, 3.8) is 0 Å². The first-order chi connectivity index (χ1) is 29.7. The van der Waals surface area contributed by atoms with Crippen LogP contribution in [0.15, 0.2) is 212 Å². The molecule has 0 amide bonds. The first kappa shape index (κ1) is 34.1. The molecule has 8 aromatic carbocycles. The Morgan fingerprint density at radius 2 is 0.883 bits per heavy atom. The third-order valence-electron chi connectivity index (χ3n) is 12.2. The van der Waals surface area contributed by atoms with Gasteiger partial charge in [0.25, 0.3) is 0 Å². The summed E-state index contributed by atoms with van der Waals surface area (Å²) in [5.41, 5.74) is 17.0. The zero-order valence-electron chi connectivity index (χ0n) is 32.5. The Morgan fingerprint density at radius 3 is 1.53 bits per heavy atom. The lowest BCUT2D eigenvalue weighted by molar-refractivity contribution is 0.436. The van der Waals surface area contributed by atoms with Crippen LogP contribution < -0.4 is 4.74 Å². The van der Waals surface area contributed by atoms with E-state index in [1.165, 1.54) is 22.3 Å². The molecule has 10 aromatic rings. The molecule has 0 saturated carbocycles. The van der Waals surface area contributed by atoms with E-state index >= 15 is 0 Å². The minimum Gasteiger partial charge on any atom is -0.457 e. The normalized spacial score (nSPS) is 12.9. The van der Waals surface area contributed by atoms with E-state index in [0.717, 1.165) is 83.9 Å². The van der Waals surface area contributed by atoms with Crippen LogP contribution in [-0.4, -0.2) is 15.0 Å². The number of para-hydroxylation sites is 3. The first-order valence-electron chi connectivity index (χ1n) is 20.3.